The topological polar surface area (TPSA) is 70.2 Å². The van der Waals surface area contributed by atoms with Gasteiger partial charge in [-0.3, -0.25) is 9.59 Å². The second kappa shape index (κ2) is 7.13. The van der Waals surface area contributed by atoms with Crippen LogP contribution in [-0.4, -0.2) is 29.9 Å². The van der Waals surface area contributed by atoms with Gasteiger partial charge in [-0.1, -0.05) is 38.0 Å². The Morgan fingerprint density at radius 3 is 2.74 bits per heavy atom. The molecule has 3 atom stereocenters. The maximum absolute atomic E-state index is 12.3. The van der Waals surface area contributed by atoms with Crippen LogP contribution in [0.2, 0.25) is 0 Å². The van der Waals surface area contributed by atoms with Gasteiger partial charge < -0.3 is 16.0 Å². The molecule has 3 rings (SSSR count). The van der Waals surface area contributed by atoms with Gasteiger partial charge in [-0.15, -0.1) is 0 Å². The summed E-state index contributed by atoms with van der Waals surface area (Å²) in [5.74, 6) is -0.167. The number of anilines is 1. The highest BCUT2D eigenvalue weighted by Gasteiger charge is 2.36. The van der Waals surface area contributed by atoms with Crippen LogP contribution in [0.1, 0.15) is 44.6 Å². The number of carbonyl (C=O) groups is 2. The fourth-order valence-electron chi connectivity index (χ4n) is 3.61. The molecule has 2 amide bonds. The molecule has 1 saturated heterocycles. The Morgan fingerprint density at radius 1 is 1.22 bits per heavy atom. The number of amides is 2. The summed E-state index contributed by atoms with van der Waals surface area (Å²) in [4.78, 5) is 24.5. The minimum Gasteiger partial charge on any atom is -0.350 e. The summed E-state index contributed by atoms with van der Waals surface area (Å²) in [6.45, 7) is 2.06. The van der Waals surface area contributed by atoms with Crippen LogP contribution >= 0.6 is 0 Å². The van der Waals surface area contributed by atoms with E-state index in [0.29, 0.717) is 6.04 Å². The van der Waals surface area contributed by atoms with E-state index in [1.807, 2.05) is 24.3 Å². The molecule has 23 heavy (non-hydrogen) atoms. The fourth-order valence-corrected chi connectivity index (χ4v) is 3.61. The van der Waals surface area contributed by atoms with Crippen LogP contribution < -0.4 is 16.0 Å². The van der Waals surface area contributed by atoms with E-state index in [2.05, 4.69) is 22.9 Å². The summed E-state index contributed by atoms with van der Waals surface area (Å²) < 4.78 is 0. The molecule has 1 aliphatic heterocycles. The first kappa shape index (κ1) is 16.0. The normalized spacial score (nSPS) is 27.0. The minimum absolute atomic E-state index is 0.0490. The first-order valence-corrected chi connectivity index (χ1v) is 8.61. The zero-order valence-electron chi connectivity index (χ0n) is 13.6. The van der Waals surface area contributed by atoms with Crippen molar-refractivity contribution in [3.8, 4) is 0 Å². The van der Waals surface area contributed by atoms with Gasteiger partial charge in [0.15, 0.2) is 0 Å². The van der Waals surface area contributed by atoms with Crippen molar-refractivity contribution in [1.29, 1.82) is 0 Å². The Hall–Kier alpha value is -1.88. The highest BCUT2D eigenvalue weighted by Crippen LogP contribution is 2.22. The number of hydrogen-bond acceptors (Lipinski definition) is 3. The molecule has 3 unspecified atom stereocenters. The standard InChI is InChI=1S/C18H25N3O2/c1-2-12-7-3-4-8-13(12)20-17(22)11-16-18(23)21-15-10-6-5-9-14(15)19-16/h3-4,7-8,14-16,19H,2,5-6,9-11H2,1H3,(H,20,22)(H,21,23). The van der Waals surface area contributed by atoms with Crippen LogP contribution in [-0.2, 0) is 16.0 Å². The van der Waals surface area contributed by atoms with Crippen molar-refractivity contribution in [2.45, 2.75) is 63.6 Å². The molecule has 1 aliphatic carbocycles. The molecule has 5 heteroatoms. The lowest BCUT2D eigenvalue weighted by atomic mass is 9.87. The molecule has 1 aromatic rings. The molecule has 0 aromatic heterocycles. The number of benzene rings is 1. The molecule has 0 radical (unpaired) electrons. The predicted octanol–water partition coefficient (Wildman–Crippen LogP) is 1.98. The van der Waals surface area contributed by atoms with Gasteiger partial charge in [0.1, 0.15) is 0 Å². The molecule has 1 heterocycles. The number of carbonyl (C=O) groups excluding carboxylic acids is 2. The van der Waals surface area contributed by atoms with Gasteiger partial charge in [0.25, 0.3) is 0 Å². The van der Waals surface area contributed by atoms with Gasteiger partial charge in [-0.25, -0.2) is 0 Å². The van der Waals surface area contributed by atoms with Gasteiger partial charge in [-0.2, -0.15) is 0 Å². The fraction of sp³-hybridized carbons (Fsp3) is 0.556. The summed E-state index contributed by atoms with van der Waals surface area (Å²) in [7, 11) is 0. The molecule has 1 aromatic carbocycles. The number of para-hydroxylation sites is 1. The van der Waals surface area contributed by atoms with Crippen molar-refractivity contribution in [2.75, 3.05) is 5.32 Å². The zero-order chi connectivity index (χ0) is 16.2. The van der Waals surface area contributed by atoms with Crippen molar-refractivity contribution in [1.82, 2.24) is 10.6 Å². The van der Waals surface area contributed by atoms with Crippen LogP contribution in [0.15, 0.2) is 24.3 Å². The van der Waals surface area contributed by atoms with Crippen LogP contribution in [0.5, 0.6) is 0 Å². The lowest BCUT2D eigenvalue weighted by Gasteiger charge is -2.40. The number of fused-ring (bicyclic) bond motifs is 1. The van der Waals surface area contributed by atoms with Gasteiger partial charge in [0.2, 0.25) is 11.8 Å². The molecule has 0 spiro atoms. The molecule has 124 valence electrons. The zero-order valence-corrected chi connectivity index (χ0v) is 13.6. The highest BCUT2D eigenvalue weighted by atomic mass is 16.2. The highest BCUT2D eigenvalue weighted by molar-refractivity contribution is 5.96. The van der Waals surface area contributed by atoms with Crippen molar-refractivity contribution >= 4 is 17.5 Å². The first-order chi connectivity index (χ1) is 11.2. The largest absolute Gasteiger partial charge is 0.350 e. The second-order valence-corrected chi connectivity index (χ2v) is 6.49. The van der Waals surface area contributed by atoms with E-state index < -0.39 is 6.04 Å². The summed E-state index contributed by atoms with van der Waals surface area (Å²) in [5, 5.41) is 9.40. The Balaban J connectivity index is 1.60. The summed E-state index contributed by atoms with van der Waals surface area (Å²) in [5.41, 5.74) is 1.95. The summed E-state index contributed by atoms with van der Waals surface area (Å²) in [6.07, 6.45) is 5.50. The molecule has 5 nitrogen and oxygen atoms in total. The third-order valence-electron chi connectivity index (χ3n) is 4.89. The quantitative estimate of drug-likeness (QED) is 0.795. The van der Waals surface area contributed by atoms with Gasteiger partial charge in [0, 0.05) is 17.8 Å². The molecular formula is C18H25N3O2. The maximum atomic E-state index is 12.3. The smallest absolute Gasteiger partial charge is 0.237 e. The molecular weight excluding hydrogens is 290 g/mol. The average molecular weight is 315 g/mol. The van der Waals surface area contributed by atoms with Crippen LogP contribution in [0, 0.1) is 0 Å². The Bertz CT molecular complexity index is 587. The maximum Gasteiger partial charge on any atom is 0.237 e. The van der Waals surface area contributed by atoms with Gasteiger partial charge in [-0.05, 0) is 30.9 Å². The van der Waals surface area contributed by atoms with E-state index >= 15 is 0 Å². The Labute approximate surface area is 137 Å². The molecule has 0 bridgehead atoms. The van der Waals surface area contributed by atoms with Crippen LogP contribution in [0.3, 0.4) is 0 Å². The van der Waals surface area contributed by atoms with Crippen molar-refractivity contribution < 1.29 is 9.59 Å². The SMILES string of the molecule is CCc1ccccc1NC(=O)CC1NC2CCCCC2NC1=O. The summed E-state index contributed by atoms with van der Waals surface area (Å²) >= 11 is 0. The Morgan fingerprint density at radius 2 is 1.96 bits per heavy atom. The van der Waals surface area contributed by atoms with E-state index in [1.54, 1.807) is 0 Å². The molecule has 3 N–H and O–H groups in total. The first-order valence-electron chi connectivity index (χ1n) is 8.61. The predicted molar refractivity (Wildman–Crippen MR) is 90.2 cm³/mol. The Kier molecular flexibility index (Phi) is 4.96. The summed E-state index contributed by atoms with van der Waals surface area (Å²) in [6, 6.07) is 7.90. The van der Waals surface area contributed by atoms with Gasteiger partial charge >= 0.3 is 0 Å². The van der Waals surface area contributed by atoms with Gasteiger partial charge in [0.05, 0.1) is 12.5 Å². The number of aryl methyl sites for hydroxylation is 1. The lowest BCUT2D eigenvalue weighted by molar-refractivity contribution is -0.129. The third-order valence-corrected chi connectivity index (χ3v) is 4.89. The van der Waals surface area contributed by atoms with Crippen molar-refractivity contribution in [3.05, 3.63) is 29.8 Å². The monoisotopic (exact) mass is 315 g/mol. The second-order valence-electron chi connectivity index (χ2n) is 6.49. The molecule has 2 aliphatic rings. The van der Waals surface area contributed by atoms with E-state index in [9.17, 15) is 9.59 Å². The lowest BCUT2D eigenvalue weighted by Crippen LogP contribution is -2.65. The molecule has 2 fully saturated rings. The van der Waals surface area contributed by atoms with E-state index in [4.69, 9.17) is 0 Å². The number of piperazine rings is 1. The number of hydrogen-bond donors (Lipinski definition) is 3. The number of rotatable bonds is 4. The van der Waals surface area contributed by atoms with Crippen LogP contribution in [0.25, 0.3) is 0 Å². The minimum atomic E-state index is -0.428. The average Bonchev–Trinajstić information content (AvgIpc) is 2.56. The third kappa shape index (κ3) is 3.72. The molecule has 1 saturated carbocycles. The van der Waals surface area contributed by atoms with E-state index in [0.717, 1.165) is 30.5 Å². The number of nitrogens with one attached hydrogen (secondary N) is 3. The van der Waals surface area contributed by atoms with Crippen molar-refractivity contribution in [2.24, 2.45) is 0 Å². The van der Waals surface area contributed by atoms with E-state index in [1.165, 1.54) is 12.8 Å². The van der Waals surface area contributed by atoms with Crippen LogP contribution in [0.4, 0.5) is 5.69 Å². The van der Waals surface area contributed by atoms with Crippen molar-refractivity contribution in [3.63, 3.8) is 0 Å². The van der Waals surface area contributed by atoms with E-state index in [-0.39, 0.29) is 24.3 Å².